The third-order valence-corrected chi connectivity index (χ3v) is 3.77. The zero-order chi connectivity index (χ0) is 14.8. The van der Waals surface area contributed by atoms with Gasteiger partial charge in [-0.1, -0.05) is 0 Å². The molecule has 2 N–H and O–H groups in total. The normalized spacial score (nSPS) is 10.7. The fraction of sp³-hybridized carbons (Fsp3) is 0.0714. The Bertz CT molecular complexity index is 822. The van der Waals surface area contributed by atoms with Crippen LogP contribution in [0.1, 0.15) is 10.5 Å². The topological polar surface area (TPSA) is 84.2 Å². The van der Waals surface area contributed by atoms with Gasteiger partial charge < -0.3 is 15.0 Å². The number of nitrogens with zero attached hydrogens (tertiary/aromatic N) is 2. The molecule has 0 bridgehead atoms. The zero-order valence-corrected chi connectivity index (χ0v) is 11.6. The molecule has 0 aliphatic rings. The van der Waals surface area contributed by atoms with Crippen LogP contribution in [0.5, 0.6) is 0 Å². The molecule has 21 heavy (non-hydrogen) atoms. The number of carbonyl (C=O) groups is 2. The number of benzene rings is 1. The molecule has 0 radical (unpaired) electrons. The van der Waals surface area contributed by atoms with E-state index in [2.05, 4.69) is 10.3 Å². The Morgan fingerprint density at radius 3 is 3.00 bits per heavy atom. The Balaban J connectivity index is 1.73. The second-order valence-corrected chi connectivity index (χ2v) is 5.30. The molecule has 2 aromatic heterocycles. The van der Waals surface area contributed by atoms with Crippen LogP contribution in [0.25, 0.3) is 10.2 Å². The highest BCUT2D eigenvalue weighted by Crippen LogP contribution is 2.21. The number of carboxylic acid groups (broad SMARTS) is 1. The minimum Gasteiger partial charge on any atom is -0.477 e. The van der Waals surface area contributed by atoms with Gasteiger partial charge in [0.15, 0.2) is 0 Å². The number of rotatable bonds is 4. The first-order valence-corrected chi connectivity index (χ1v) is 7.03. The van der Waals surface area contributed by atoms with Crippen molar-refractivity contribution < 1.29 is 14.7 Å². The van der Waals surface area contributed by atoms with Gasteiger partial charge in [-0.15, -0.1) is 11.3 Å². The first-order valence-electron chi connectivity index (χ1n) is 6.15. The van der Waals surface area contributed by atoms with Gasteiger partial charge in [-0.3, -0.25) is 4.79 Å². The van der Waals surface area contributed by atoms with Gasteiger partial charge in [0.2, 0.25) is 5.91 Å². The first-order chi connectivity index (χ1) is 10.1. The highest BCUT2D eigenvalue weighted by atomic mass is 32.1. The molecule has 0 aliphatic heterocycles. The lowest BCUT2D eigenvalue weighted by molar-refractivity contribution is -0.116. The fourth-order valence-electron chi connectivity index (χ4n) is 2.03. The van der Waals surface area contributed by atoms with Crippen molar-refractivity contribution in [1.29, 1.82) is 0 Å². The largest absolute Gasteiger partial charge is 0.477 e. The second kappa shape index (κ2) is 5.37. The van der Waals surface area contributed by atoms with E-state index in [0.717, 1.165) is 10.2 Å². The van der Waals surface area contributed by atoms with Gasteiger partial charge in [-0.2, -0.15) is 0 Å². The molecule has 0 unspecified atom stereocenters. The van der Waals surface area contributed by atoms with Gasteiger partial charge in [0, 0.05) is 11.9 Å². The van der Waals surface area contributed by atoms with Crippen LogP contribution in [0, 0.1) is 0 Å². The average Bonchev–Trinajstić information content (AvgIpc) is 3.06. The van der Waals surface area contributed by atoms with E-state index in [4.69, 9.17) is 5.11 Å². The molecule has 2 heterocycles. The summed E-state index contributed by atoms with van der Waals surface area (Å²) < 4.78 is 2.38. The number of fused-ring (bicyclic) bond motifs is 1. The van der Waals surface area contributed by atoms with Crippen LogP contribution in [0.15, 0.2) is 42.0 Å². The standard InChI is InChI=1S/C14H11N3O3S/c18-13(7-17-5-1-2-11(17)14(19)20)16-9-3-4-10-12(6-9)21-8-15-10/h1-6,8H,7H2,(H,16,18)(H,19,20). The van der Waals surface area contributed by atoms with Gasteiger partial charge in [0.25, 0.3) is 0 Å². The maximum absolute atomic E-state index is 12.0. The van der Waals surface area contributed by atoms with Crippen molar-refractivity contribution in [3.05, 3.63) is 47.7 Å². The summed E-state index contributed by atoms with van der Waals surface area (Å²) in [5.74, 6) is -1.34. The lowest BCUT2D eigenvalue weighted by atomic mass is 10.3. The number of aromatic carboxylic acids is 1. The Hall–Kier alpha value is -2.67. The fourth-order valence-corrected chi connectivity index (χ4v) is 2.75. The van der Waals surface area contributed by atoms with Crippen LogP contribution < -0.4 is 5.32 Å². The van der Waals surface area contributed by atoms with E-state index in [9.17, 15) is 9.59 Å². The number of amides is 1. The molecule has 0 atom stereocenters. The van der Waals surface area contributed by atoms with E-state index in [1.54, 1.807) is 23.8 Å². The molecule has 7 heteroatoms. The average molecular weight is 301 g/mol. The Kier molecular flexibility index (Phi) is 3.41. The maximum atomic E-state index is 12.0. The number of nitrogens with one attached hydrogen (secondary N) is 1. The van der Waals surface area contributed by atoms with E-state index in [1.807, 2.05) is 12.1 Å². The van der Waals surface area contributed by atoms with Gasteiger partial charge in [0.1, 0.15) is 12.2 Å². The van der Waals surface area contributed by atoms with Gasteiger partial charge in [0.05, 0.1) is 15.7 Å². The van der Waals surface area contributed by atoms with Crippen LogP contribution in [0.2, 0.25) is 0 Å². The number of carboxylic acids is 1. The number of hydrogen-bond donors (Lipinski definition) is 2. The predicted molar refractivity (Wildman–Crippen MR) is 79.6 cm³/mol. The first kappa shape index (κ1) is 13.3. The molecule has 6 nitrogen and oxygen atoms in total. The number of thiazole rings is 1. The van der Waals surface area contributed by atoms with Crippen molar-refractivity contribution in [1.82, 2.24) is 9.55 Å². The summed E-state index contributed by atoms with van der Waals surface area (Å²) >= 11 is 1.49. The second-order valence-electron chi connectivity index (χ2n) is 4.41. The Labute approximate surface area is 123 Å². The van der Waals surface area contributed by atoms with Crippen molar-refractivity contribution in [2.45, 2.75) is 6.54 Å². The van der Waals surface area contributed by atoms with Crippen LogP contribution in [0.4, 0.5) is 5.69 Å². The summed E-state index contributed by atoms with van der Waals surface area (Å²) in [5.41, 5.74) is 3.38. The summed E-state index contributed by atoms with van der Waals surface area (Å²) in [6.07, 6.45) is 1.56. The van der Waals surface area contributed by atoms with Crippen LogP contribution >= 0.6 is 11.3 Å². The molecule has 3 rings (SSSR count). The monoisotopic (exact) mass is 301 g/mol. The molecule has 0 spiro atoms. The van der Waals surface area contributed by atoms with Gasteiger partial charge in [-0.25, -0.2) is 9.78 Å². The molecule has 0 saturated carbocycles. The molecule has 106 valence electrons. The quantitative estimate of drug-likeness (QED) is 0.775. The minimum absolute atomic E-state index is 0.0463. The number of carbonyl (C=O) groups excluding carboxylic acids is 1. The Morgan fingerprint density at radius 1 is 1.33 bits per heavy atom. The van der Waals surface area contributed by atoms with Gasteiger partial charge in [-0.05, 0) is 30.3 Å². The van der Waals surface area contributed by atoms with E-state index in [-0.39, 0.29) is 18.1 Å². The smallest absolute Gasteiger partial charge is 0.352 e. The predicted octanol–water partition coefficient (Wildman–Crippen LogP) is 2.43. The third-order valence-electron chi connectivity index (χ3n) is 2.98. The van der Waals surface area contributed by atoms with E-state index < -0.39 is 5.97 Å². The third kappa shape index (κ3) is 2.77. The summed E-state index contributed by atoms with van der Waals surface area (Å²) in [5, 5.41) is 11.7. The lowest BCUT2D eigenvalue weighted by Crippen LogP contribution is -2.20. The summed E-state index contributed by atoms with van der Waals surface area (Å²) in [6, 6.07) is 8.51. The summed E-state index contributed by atoms with van der Waals surface area (Å²) in [7, 11) is 0. The SMILES string of the molecule is O=C(Cn1cccc1C(=O)O)Nc1ccc2ncsc2c1. The number of anilines is 1. The number of aromatic nitrogens is 2. The zero-order valence-electron chi connectivity index (χ0n) is 10.8. The lowest BCUT2D eigenvalue weighted by Gasteiger charge is -2.08. The summed E-state index contributed by atoms with van der Waals surface area (Å²) in [4.78, 5) is 27.1. The van der Waals surface area contributed by atoms with Crippen molar-refractivity contribution in [3.8, 4) is 0 Å². The summed E-state index contributed by atoms with van der Waals surface area (Å²) in [6.45, 7) is -0.0463. The molecular formula is C14H11N3O3S. The van der Waals surface area contributed by atoms with Crippen LogP contribution in [-0.2, 0) is 11.3 Å². The minimum atomic E-state index is -1.06. The molecule has 0 saturated heterocycles. The molecule has 0 fully saturated rings. The highest BCUT2D eigenvalue weighted by molar-refractivity contribution is 7.16. The van der Waals surface area contributed by atoms with Crippen molar-refractivity contribution in [3.63, 3.8) is 0 Å². The van der Waals surface area contributed by atoms with E-state index in [1.165, 1.54) is 22.0 Å². The van der Waals surface area contributed by atoms with E-state index >= 15 is 0 Å². The maximum Gasteiger partial charge on any atom is 0.352 e. The highest BCUT2D eigenvalue weighted by Gasteiger charge is 2.12. The van der Waals surface area contributed by atoms with Crippen molar-refractivity contribution in [2.24, 2.45) is 0 Å². The van der Waals surface area contributed by atoms with E-state index in [0.29, 0.717) is 5.69 Å². The Morgan fingerprint density at radius 2 is 2.19 bits per heavy atom. The molecular weight excluding hydrogens is 290 g/mol. The van der Waals surface area contributed by atoms with Crippen molar-refractivity contribution in [2.75, 3.05) is 5.32 Å². The van der Waals surface area contributed by atoms with Crippen LogP contribution in [-0.4, -0.2) is 26.5 Å². The van der Waals surface area contributed by atoms with Gasteiger partial charge >= 0.3 is 5.97 Å². The van der Waals surface area contributed by atoms with Crippen molar-refractivity contribution >= 4 is 39.1 Å². The molecule has 3 aromatic rings. The number of hydrogen-bond acceptors (Lipinski definition) is 4. The molecule has 1 aromatic carbocycles. The van der Waals surface area contributed by atoms with Crippen LogP contribution in [0.3, 0.4) is 0 Å². The molecule has 0 aliphatic carbocycles. The molecule has 1 amide bonds.